The minimum absolute atomic E-state index is 0.0419. The first kappa shape index (κ1) is 20.2. The fraction of sp³-hybridized carbons (Fsp3) is 0.348. The van der Waals surface area contributed by atoms with Crippen LogP contribution in [-0.4, -0.2) is 56.0 Å². The minimum atomic E-state index is -3.34. The Hall–Kier alpha value is -2.68. The fourth-order valence-corrected chi connectivity index (χ4v) is 6.00. The molecule has 1 fully saturated rings. The Kier molecular flexibility index (Phi) is 4.88. The highest BCUT2D eigenvalue weighted by Gasteiger charge is 2.31. The van der Waals surface area contributed by atoms with Crippen LogP contribution in [-0.2, 0) is 16.4 Å². The first-order chi connectivity index (χ1) is 14.8. The zero-order chi connectivity index (χ0) is 21.8. The summed E-state index contributed by atoms with van der Waals surface area (Å²) in [6, 6.07) is 15.0. The van der Waals surface area contributed by atoms with Crippen LogP contribution in [0.2, 0.25) is 0 Å². The topological polar surface area (TPSA) is 99.8 Å². The summed E-state index contributed by atoms with van der Waals surface area (Å²) in [5.41, 5.74) is 9.80. The number of aliphatic hydroxyl groups is 1. The van der Waals surface area contributed by atoms with Crippen molar-refractivity contribution < 1.29 is 13.5 Å². The number of rotatable bonds is 2. The number of aliphatic hydroxyl groups excluding tert-OH is 1. The van der Waals surface area contributed by atoms with Crippen molar-refractivity contribution in [2.75, 3.05) is 35.2 Å². The number of hydrogen-bond donors (Lipinski definition) is 2. The van der Waals surface area contributed by atoms with Crippen LogP contribution in [0.1, 0.15) is 11.1 Å². The van der Waals surface area contributed by atoms with Gasteiger partial charge in [-0.2, -0.15) is 0 Å². The number of pyridine rings is 1. The highest BCUT2D eigenvalue weighted by molar-refractivity contribution is 7.91. The van der Waals surface area contributed by atoms with Gasteiger partial charge >= 0.3 is 0 Å². The SMILES string of the molecule is Cc1ccc2nc(N3CCS(=O)(=O)c4ccccc4C3)cc(N3C[C@@H](N)[C@@H](O)C3)c2c1. The Balaban J connectivity index is 1.62. The van der Waals surface area contributed by atoms with Crippen LogP contribution in [0.25, 0.3) is 10.9 Å². The van der Waals surface area contributed by atoms with Crippen molar-refractivity contribution in [2.24, 2.45) is 5.73 Å². The number of β-amino-alcohol motifs (C(OH)–C–C–N with tert-alkyl or cyclic N) is 1. The highest BCUT2D eigenvalue weighted by Crippen LogP contribution is 2.34. The number of benzene rings is 2. The van der Waals surface area contributed by atoms with Gasteiger partial charge in [-0.3, -0.25) is 0 Å². The Morgan fingerprint density at radius 2 is 1.90 bits per heavy atom. The zero-order valence-electron chi connectivity index (χ0n) is 17.4. The number of anilines is 2. The third kappa shape index (κ3) is 3.64. The molecule has 1 saturated heterocycles. The van der Waals surface area contributed by atoms with E-state index in [0.717, 1.165) is 33.5 Å². The maximum absolute atomic E-state index is 12.8. The van der Waals surface area contributed by atoms with E-state index in [0.29, 0.717) is 31.1 Å². The molecule has 0 spiro atoms. The average Bonchev–Trinajstić information content (AvgIpc) is 3.01. The lowest BCUT2D eigenvalue weighted by Crippen LogP contribution is -2.32. The summed E-state index contributed by atoms with van der Waals surface area (Å²) in [6.45, 7) is 3.90. The summed E-state index contributed by atoms with van der Waals surface area (Å²) in [5.74, 6) is 0.772. The molecule has 2 aromatic carbocycles. The van der Waals surface area contributed by atoms with Gasteiger partial charge in [-0.25, -0.2) is 13.4 Å². The molecule has 8 heteroatoms. The summed E-state index contributed by atoms with van der Waals surface area (Å²) < 4.78 is 25.5. The molecule has 5 rings (SSSR count). The summed E-state index contributed by atoms with van der Waals surface area (Å²) >= 11 is 0. The van der Waals surface area contributed by atoms with E-state index in [1.807, 2.05) is 42.2 Å². The van der Waals surface area contributed by atoms with Crippen LogP contribution in [0.15, 0.2) is 53.4 Å². The van der Waals surface area contributed by atoms with Gasteiger partial charge in [-0.1, -0.05) is 29.8 Å². The summed E-state index contributed by atoms with van der Waals surface area (Å²) in [5, 5.41) is 11.2. The predicted molar refractivity (Wildman–Crippen MR) is 122 cm³/mol. The smallest absolute Gasteiger partial charge is 0.180 e. The molecule has 0 aliphatic carbocycles. The van der Waals surface area contributed by atoms with E-state index in [1.54, 1.807) is 12.1 Å². The predicted octanol–water partition coefficient (Wildman–Crippen LogP) is 1.85. The molecule has 0 bridgehead atoms. The number of aryl methyl sites for hydroxylation is 1. The van der Waals surface area contributed by atoms with Crippen LogP contribution < -0.4 is 15.5 Å². The van der Waals surface area contributed by atoms with E-state index in [1.165, 1.54) is 0 Å². The number of fused-ring (bicyclic) bond motifs is 2. The van der Waals surface area contributed by atoms with E-state index in [-0.39, 0.29) is 11.8 Å². The second kappa shape index (κ2) is 7.47. The standard InChI is InChI=1S/C23H26N4O3S/c1-15-6-7-19-17(10-15)20(27-13-18(24)21(28)14-27)11-23(25-19)26-8-9-31(29,30)22-5-3-2-4-16(22)12-26/h2-7,10-11,18,21,28H,8-9,12-14,24H2,1H3/t18-,21+/m1/s1. The lowest BCUT2D eigenvalue weighted by Gasteiger charge is -2.26. The van der Waals surface area contributed by atoms with Gasteiger partial charge in [0.15, 0.2) is 9.84 Å². The van der Waals surface area contributed by atoms with Gasteiger partial charge in [0.1, 0.15) is 5.82 Å². The number of nitrogens with two attached hydrogens (primary N) is 1. The molecule has 3 heterocycles. The molecule has 1 aromatic heterocycles. The summed E-state index contributed by atoms with van der Waals surface area (Å²) in [7, 11) is -3.34. The second-order valence-electron chi connectivity index (χ2n) is 8.50. The molecule has 2 atom stereocenters. The lowest BCUT2D eigenvalue weighted by molar-refractivity contribution is 0.180. The fourth-order valence-electron chi connectivity index (χ4n) is 4.50. The molecule has 162 valence electrons. The minimum Gasteiger partial charge on any atom is -0.390 e. The Morgan fingerprint density at radius 1 is 1.10 bits per heavy atom. The molecule has 2 aliphatic heterocycles. The molecule has 7 nitrogen and oxygen atoms in total. The normalized spacial score (nSPS) is 23.1. The maximum atomic E-state index is 12.8. The Morgan fingerprint density at radius 3 is 2.68 bits per heavy atom. The first-order valence-electron chi connectivity index (χ1n) is 10.5. The highest BCUT2D eigenvalue weighted by atomic mass is 32.2. The lowest BCUT2D eigenvalue weighted by atomic mass is 10.1. The van der Waals surface area contributed by atoms with Gasteiger partial charge < -0.3 is 20.6 Å². The third-order valence-corrected chi connectivity index (χ3v) is 8.01. The van der Waals surface area contributed by atoms with Crippen LogP contribution >= 0.6 is 0 Å². The number of sulfone groups is 1. The quantitative estimate of drug-likeness (QED) is 0.630. The van der Waals surface area contributed by atoms with E-state index >= 15 is 0 Å². The zero-order valence-corrected chi connectivity index (χ0v) is 18.2. The van der Waals surface area contributed by atoms with Crippen LogP contribution in [0.5, 0.6) is 0 Å². The number of nitrogens with zero attached hydrogens (tertiary/aromatic N) is 3. The van der Waals surface area contributed by atoms with Crippen molar-refractivity contribution in [3.8, 4) is 0 Å². The van der Waals surface area contributed by atoms with Gasteiger partial charge in [0.2, 0.25) is 0 Å². The number of aromatic nitrogens is 1. The molecular formula is C23H26N4O3S. The van der Waals surface area contributed by atoms with Gasteiger partial charge in [0.25, 0.3) is 0 Å². The van der Waals surface area contributed by atoms with E-state index in [9.17, 15) is 13.5 Å². The molecule has 3 N–H and O–H groups in total. The summed E-state index contributed by atoms with van der Waals surface area (Å²) in [6.07, 6.45) is -0.577. The van der Waals surface area contributed by atoms with Crippen LogP contribution in [0.4, 0.5) is 11.5 Å². The van der Waals surface area contributed by atoms with Gasteiger partial charge in [-0.15, -0.1) is 0 Å². The van der Waals surface area contributed by atoms with Crippen molar-refractivity contribution in [3.05, 3.63) is 59.7 Å². The number of hydrogen-bond acceptors (Lipinski definition) is 7. The molecule has 0 amide bonds. The van der Waals surface area contributed by atoms with E-state index in [4.69, 9.17) is 10.7 Å². The van der Waals surface area contributed by atoms with E-state index in [2.05, 4.69) is 11.0 Å². The summed E-state index contributed by atoms with van der Waals surface area (Å²) in [4.78, 5) is 9.42. The largest absolute Gasteiger partial charge is 0.390 e. The van der Waals surface area contributed by atoms with Gasteiger partial charge in [-0.05, 0) is 30.7 Å². The molecule has 0 radical (unpaired) electrons. The van der Waals surface area contributed by atoms with Crippen molar-refractivity contribution in [1.82, 2.24) is 4.98 Å². The molecule has 0 saturated carbocycles. The molecular weight excluding hydrogens is 412 g/mol. The van der Waals surface area contributed by atoms with E-state index < -0.39 is 15.9 Å². The van der Waals surface area contributed by atoms with Gasteiger partial charge in [0.05, 0.1) is 22.3 Å². The Labute approximate surface area is 182 Å². The van der Waals surface area contributed by atoms with Crippen molar-refractivity contribution in [2.45, 2.75) is 30.5 Å². The first-order valence-corrected chi connectivity index (χ1v) is 12.1. The monoisotopic (exact) mass is 438 g/mol. The molecule has 3 aromatic rings. The van der Waals surface area contributed by atoms with Crippen LogP contribution in [0.3, 0.4) is 0 Å². The Bertz CT molecular complexity index is 1250. The molecule has 31 heavy (non-hydrogen) atoms. The van der Waals surface area contributed by atoms with Crippen molar-refractivity contribution in [1.29, 1.82) is 0 Å². The molecule has 2 aliphatic rings. The van der Waals surface area contributed by atoms with Crippen LogP contribution in [0, 0.1) is 6.92 Å². The molecule has 0 unspecified atom stereocenters. The van der Waals surface area contributed by atoms with Crippen molar-refractivity contribution >= 4 is 32.2 Å². The van der Waals surface area contributed by atoms with Crippen molar-refractivity contribution in [3.63, 3.8) is 0 Å². The van der Waals surface area contributed by atoms with Gasteiger partial charge in [0, 0.05) is 49.4 Å². The second-order valence-corrected chi connectivity index (χ2v) is 10.6. The average molecular weight is 439 g/mol. The maximum Gasteiger partial charge on any atom is 0.180 e. The third-order valence-electron chi connectivity index (χ3n) is 6.23.